The average Bonchev–Trinajstić information content (AvgIpc) is 2.99. The predicted octanol–water partition coefficient (Wildman–Crippen LogP) is 5.38. The van der Waals surface area contributed by atoms with Gasteiger partial charge < -0.3 is 9.64 Å². The highest BCUT2D eigenvalue weighted by atomic mass is 35.5. The van der Waals surface area contributed by atoms with Crippen LogP contribution in [-0.2, 0) is 4.74 Å². The minimum absolute atomic E-state index is 0.0496. The van der Waals surface area contributed by atoms with Crippen LogP contribution < -0.4 is 4.90 Å². The molecule has 3 heterocycles. The summed E-state index contributed by atoms with van der Waals surface area (Å²) in [5, 5.41) is 1.19. The van der Waals surface area contributed by atoms with Crippen LogP contribution in [0.2, 0.25) is 5.28 Å². The SMILES string of the molecule is Cc1c(C(=O)OC2CCCCC2)sc2nc(Cl)nc(N3CCC(C)CC3)c12. The van der Waals surface area contributed by atoms with Crippen LogP contribution in [0, 0.1) is 12.8 Å². The van der Waals surface area contributed by atoms with Gasteiger partial charge in [-0.05, 0) is 68.5 Å². The third-order valence-corrected chi connectivity index (χ3v) is 7.17. The van der Waals surface area contributed by atoms with E-state index in [1.54, 1.807) is 0 Å². The molecule has 146 valence electrons. The number of hydrogen-bond donors (Lipinski definition) is 0. The molecule has 2 aromatic rings. The van der Waals surface area contributed by atoms with Gasteiger partial charge in [0.2, 0.25) is 5.28 Å². The number of aryl methyl sites for hydroxylation is 1. The lowest BCUT2D eigenvalue weighted by atomic mass is 9.98. The number of esters is 1. The van der Waals surface area contributed by atoms with Crippen molar-refractivity contribution in [1.82, 2.24) is 9.97 Å². The first kappa shape index (κ1) is 18.9. The standard InChI is InChI=1S/C20H26ClN3O2S/c1-12-8-10-24(11-9-12)17-15-13(2)16(27-18(15)23-20(21)22-17)19(25)26-14-6-4-3-5-7-14/h12,14H,3-11H2,1-2H3. The second-order valence-electron chi connectivity index (χ2n) is 7.89. The fraction of sp³-hybridized carbons (Fsp3) is 0.650. The molecule has 0 bridgehead atoms. The molecule has 0 amide bonds. The highest BCUT2D eigenvalue weighted by Gasteiger charge is 2.27. The maximum absolute atomic E-state index is 12.8. The van der Waals surface area contributed by atoms with Gasteiger partial charge in [0.05, 0.1) is 5.39 Å². The molecule has 0 aromatic carbocycles. The van der Waals surface area contributed by atoms with Gasteiger partial charge in [0, 0.05) is 13.1 Å². The fourth-order valence-electron chi connectivity index (χ4n) is 4.12. The molecule has 2 aliphatic rings. The Bertz CT molecular complexity index is 839. The molecule has 1 aliphatic carbocycles. The summed E-state index contributed by atoms with van der Waals surface area (Å²) in [6.07, 6.45) is 7.79. The van der Waals surface area contributed by atoms with Crippen LogP contribution in [0.1, 0.15) is 67.1 Å². The number of piperidine rings is 1. The monoisotopic (exact) mass is 407 g/mol. The lowest BCUT2D eigenvalue weighted by Gasteiger charge is -2.31. The van der Waals surface area contributed by atoms with Crippen molar-refractivity contribution in [3.05, 3.63) is 15.7 Å². The molecule has 7 heteroatoms. The van der Waals surface area contributed by atoms with Gasteiger partial charge in [-0.15, -0.1) is 11.3 Å². The van der Waals surface area contributed by atoms with Gasteiger partial charge in [0.15, 0.2) is 0 Å². The number of carbonyl (C=O) groups excluding carboxylic acids is 1. The zero-order valence-corrected chi connectivity index (χ0v) is 17.5. The summed E-state index contributed by atoms with van der Waals surface area (Å²) in [6.45, 7) is 6.18. The minimum atomic E-state index is -0.225. The Balaban J connectivity index is 1.66. The van der Waals surface area contributed by atoms with Gasteiger partial charge in [0.25, 0.3) is 0 Å². The number of ether oxygens (including phenoxy) is 1. The number of anilines is 1. The molecule has 0 unspecified atom stereocenters. The summed E-state index contributed by atoms with van der Waals surface area (Å²) in [5.74, 6) is 1.37. The average molecular weight is 408 g/mol. The number of aromatic nitrogens is 2. The molecule has 1 saturated heterocycles. The Hall–Kier alpha value is -1.40. The third kappa shape index (κ3) is 3.92. The molecule has 0 N–H and O–H groups in total. The summed E-state index contributed by atoms with van der Waals surface area (Å²) in [4.78, 5) is 25.4. The van der Waals surface area contributed by atoms with Crippen LogP contribution in [0.4, 0.5) is 5.82 Å². The van der Waals surface area contributed by atoms with Gasteiger partial charge in [-0.25, -0.2) is 9.78 Å². The van der Waals surface area contributed by atoms with Crippen molar-refractivity contribution >= 4 is 44.9 Å². The molecule has 2 aromatic heterocycles. The molecular weight excluding hydrogens is 382 g/mol. The molecule has 1 saturated carbocycles. The smallest absolute Gasteiger partial charge is 0.348 e. The van der Waals surface area contributed by atoms with E-state index >= 15 is 0 Å². The van der Waals surface area contributed by atoms with Gasteiger partial charge in [-0.1, -0.05) is 13.3 Å². The lowest BCUT2D eigenvalue weighted by Crippen LogP contribution is -2.33. The van der Waals surface area contributed by atoms with Crippen molar-refractivity contribution in [1.29, 1.82) is 0 Å². The van der Waals surface area contributed by atoms with Crippen molar-refractivity contribution in [2.24, 2.45) is 5.92 Å². The molecule has 1 aliphatic heterocycles. The molecule has 0 spiro atoms. The van der Waals surface area contributed by atoms with Gasteiger partial charge in [0.1, 0.15) is 21.6 Å². The Morgan fingerprint density at radius 1 is 1.15 bits per heavy atom. The minimum Gasteiger partial charge on any atom is -0.458 e. The number of carbonyl (C=O) groups is 1. The Labute approximate surface area is 169 Å². The molecule has 5 nitrogen and oxygen atoms in total. The molecular formula is C20H26ClN3O2S. The first-order valence-electron chi connectivity index (χ1n) is 9.95. The largest absolute Gasteiger partial charge is 0.458 e. The van der Waals surface area contributed by atoms with Crippen molar-refractivity contribution in [3.8, 4) is 0 Å². The lowest BCUT2D eigenvalue weighted by molar-refractivity contribution is 0.0216. The predicted molar refractivity (Wildman–Crippen MR) is 110 cm³/mol. The normalized spacial score (nSPS) is 19.6. The number of thiophene rings is 1. The maximum Gasteiger partial charge on any atom is 0.348 e. The quantitative estimate of drug-likeness (QED) is 0.505. The number of fused-ring (bicyclic) bond motifs is 1. The number of hydrogen-bond acceptors (Lipinski definition) is 6. The van der Waals surface area contributed by atoms with E-state index in [4.69, 9.17) is 16.3 Å². The number of nitrogens with zero attached hydrogens (tertiary/aromatic N) is 3. The highest BCUT2D eigenvalue weighted by molar-refractivity contribution is 7.20. The van der Waals surface area contributed by atoms with Gasteiger partial charge >= 0.3 is 5.97 Å². The van der Waals surface area contributed by atoms with E-state index in [1.165, 1.54) is 17.8 Å². The van der Waals surface area contributed by atoms with Crippen LogP contribution in [-0.4, -0.2) is 35.1 Å². The summed E-state index contributed by atoms with van der Waals surface area (Å²) in [5.41, 5.74) is 0.918. The van der Waals surface area contributed by atoms with Crippen molar-refractivity contribution < 1.29 is 9.53 Å². The van der Waals surface area contributed by atoms with Crippen LogP contribution in [0.15, 0.2) is 0 Å². The van der Waals surface area contributed by atoms with Crippen LogP contribution >= 0.6 is 22.9 Å². The van der Waals surface area contributed by atoms with Crippen LogP contribution in [0.3, 0.4) is 0 Å². The second-order valence-corrected chi connectivity index (χ2v) is 9.22. The number of rotatable bonds is 3. The van der Waals surface area contributed by atoms with E-state index in [2.05, 4.69) is 21.8 Å². The number of halogens is 1. The van der Waals surface area contributed by atoms with E-state index in [0.29, 0.717) is 4.88 Å². The van der Waals surface area contributed by atoms with E-state index in [-0.39, 0.29) is 17.4 Å². The topological polar surface area (TPSA) is 55.3 Å². The molecule has 2 fully saturated rings. The molecule has 4 rings (SSSR count). The van der Waals surface area contributed by atoms with Gasteiger partial charge in [-0.3, -0.25) is 0 Å². The molecule has 27 heavy (non-hydrogen) atoms. The van der Waals surface area contributed by atoms with E-state index in [1.807, 2.05) is 6.92 Å². The van der Waals surface area contributed by atoms with E-state index in [9.17, 15) is 4.79 Å². The Morgan fingerprint density at radius 2 is 1.85 bits per heavy atom. The third-order valence-electron chi connectivity index (χ3n) is 5.84. The summed E-state index contributed by atoms with van der Waals surface area (Å²) in [7, 11) is 0. The van der Waals surface area contributed by atoms with Crippen molar-refractivity contribution in [2.45, 2.75) is 64.9 Å². The summed E-state index contributed by atoms with van der Waals surface area (Å²) < 4.78 is 5.79. The second kappa shape index (κ2) is 7.92. The van der Waals surface area contributed by atoms with Crippen LogP contribution in [0.25, 0.3) is 10.2 Å². The first-order chi connectivity index (χ1) is 13.0. The van der Waals surface area contributed by atoms with Crippen molar-refractivity contribution in [3.63, 3.8) is 0 Å². The Morgan fingerprint density at radius 3 is 2.56 bits per heavy atom. The van der Waals surface area contributed by atoms with Crippen LogP contribution in [0.5, 0.6) is 0 Å². The Kier molecular flexibility index (Phi) is 5.55. The summed E-state index contributed by atoms with van der Waals surface area (Å²) >= 11 is 7.59. The van der Waals surface area contributed by atoms with Crippen molar-refractivity contribution in [2.75, 3.05) is 18.0 Å². The first-order valence-corrected chi connectivity index (χ1v) is 11.1. The van der Waals surface area contributed by atoms with Gasteiger partial charge in [-0.2, -0.15) is 4.98 Å². The fourth-order valence-corrected chi connectivity index (χ4v) is 5.40. The zero-order valence-electron chi connectivity index (χ0n) is 16.0. The molecule has 0 atom stereocenters. The highest BCUT2D eigenvalue weighted by Crippen LogP contribution is 2.38. The van der Waals surface area contributed by atoms with E-state index < -0.39 is 0 Å². The summed E-state index contributed by atoms with van der Waals surface area (Å²) in [6, 6.07) is 0. The zero-order chi connectivity index (χ0) is 19.0. The maximum atomic E-state index is 12.8. The van der Waals surface area contributed by atoms with E-state index in [0.717, 1.165) is 79.1 Å². The molecule has 0 radical (unpaired) electrons.